The Morgan fingerprint density at radius 1 is 1.15 bits per heavy atom. The Kier molecular flexibility index (Phi) is 3.76. The Morgan fingerprint density at radius 3 is 2.31 bits per heavy atom. The zero-order valence-corrected chi connectivity index (χ0v) is 8.97. The lowest BCUT2D eigenvalue weighted by atomic mass is 9.98. The van der Waals surface area contributed by atoms with E-state index in [2.05, 4.69) is 32.1 Å². The Morgan fingerprint density at radius 2 is 1.77 bits per heavy atom. The number of hydrogen-bond acceptors (Lipinski definition) is 2. The summed E-state index contributed by atoms with van der Waals surface area (Å²) >= 11 is 0. The van der Waals surface area contributed by atoms with Gasteiger partial charge in [-0.3, -0.25) is 0 Å². The van der Waals surface area contributed by atoms with E-state index in [0.717, 1.165) is 12.8 Å². The predicted octanol–water partition coefficient (Wildman–Crippen LogP) is 3.24. The van der Waals surface area contributed by atoms with Crippen molar-refractivity contribution in [1.29, 1.82) is 0 Å². The molecule has 1 fully saturated rings. The van der Waals surface area contributed by atoms with Crippen LogP contribution in [0.5, 0.6) is 0 Å². The van der Waals surface area contributed by atoms with Gasteiger partial charge in [-0.2, -0.15) is 0 Å². The summed E-state index contributed by atoms with van der Waals surface area (Å²) < 4.78 is 0. The maximum Gasteiger partial charge on any atom is 0.127 e. The van der Waals surface area contributed by atoms with Crippen molar-refractivity contribution in [3.63, 3.8) is 0 Å². The molecule has 0 unspecified atom stereocenters. The van der Waals surface area contributed by atoms with Gasteiger partial charge in [0, 0.05) is 5.41 Å². The lowest BCUT2D eigenvalue weighted by Crippen LogP contribution is -2.15. The fourth-order valence-electron chi connectivity index (χ4n) is 1.41. The summed E-state index contributed by atoms with van der Waals surface area (Å²) in [5.41, 5.74) is 0.00860. The van der Waals surface area contributed by atoms with E-state index in [9.17, 15) is 0 Å². The quantitative estimate of drug-likeness (QED) is 0.474. The third-order valence-corrected chi connectivity index (χ3v) is 2.14. The van der Waals surface area contributed by atoms with Crippen molar-refractivity contribution in [2.45, 2.75) is 59.0 Å². The van der Waals surface area contributed by atoms with Crippen molar-refractivity contribution >= 4 is 6.21 Å². The molecule has 0 spiro atoms. The highest BCUT2D eigenvalue weighted by atomic mass is 16.6. The van der Waals surface area contributed by atoms with Crippen molar-refractivity contribution < 1.29 is 4.84 Å². The van der Waals surface area contributed by atoms with Gasteiger partial charge in [0.15, 0.2) is 0 Å². The van der Waals surface area contributed by atoms with Gasteiger partial charge in [0.2, 0.25) is 0 Å². The van der Waals surface area contributed by atoms with Gasteiger partial charge in [-0.15, -0.1) is 0 Å². The molecule has 75 valence electrons. The highest BCUT2D eigenvalue weighted by molar-refractivity contribution is 5.63. The second kappa shape index (κ2) is 4.64. The maximum absolute atomic E-state index is 5.37. The lowest BCUT2D eigenvalue weighted by Gasteiger charge is -2.19. The summed E-state index contributed by atoms with van der Waals surface area (Å²) in [5, 5.41) is 3.92. The van der Waals surface area contributed by atoms with Crippen LogP contribution >= 0.6 is 0 Å². The minimum Gasteiger partial charge on any atom is -0.392 e. The molecule has 2 heteroatoms. The smallest absolute Gasteiger partial charge is 0.127 e. The Labute approximate surface area is 81.3 Å². The maximum atomic E-state index is 5.37. The van der Waals surface area contributed by atoms with E-state index in [1.807, 2.05) is 0 Å². The van der Waals surface area contributed by atoms with Gasteiger partial charge < -0.3 is 4.84 Å². The minimum absolute atomic E-state index is 0.00860. The molecule has 0 aliphatic heterocycles. The lowest BCUT2D eigenvalue weighted by molar-refractivity contribution is 0.0327. The molecule has 0 aromatic heterocycles. The number of hydrogen-bond donors (Lipinski definition) is 0. The molecule has 1 radical (unpaired) electrons. The Balaban J connectivity index is 2.21. The second-order valence-corrected chi connectivity index (χ2v) is 4.82. The fraction of sp³-hybridized carbons (Fsp3) is 0.909. The molecular weight excluding hydrogens is 162 g/mol. The SMILES string of the molecule is CC(C)(C)[C]=NOC1CCCCC1. The summed E-state index contributed by atoms with van der Waals surface area (Å²) in [6, 6.07) is 0. The van der Waals surface area contributed by atoms with Gasteiger partial charge in [-0.05, 0) is 25.7 Å². The summed E-state index contributed by atoms with van der Waals surface area (Å²) in [6.07, 6.45) is 9.58. The van der Waals surface area contributed by atoms with Crippen molar-refractivity contribution in [1.82, 2.24) is 0 Å². The van der Waals surface area contributed by atoms with Crippen LogP contribution < -0.4 is 0 Å². The summed E-state index contributed by atoms with van der Waals surface area (Å²) in [7, 11) is 0. The Hall–Kier alpha value is -0.530. The molecule has 13 heavy (non-hydrogen) atoms. The second-order valence-electron chi connectivity index (χ2n) is 4.82. The van der Waals surface area contributed by atoms with Crippen molar-refractivity contribution in [2.75, 3.05) is 0 Å². The minimum atomic E-state index is 0.00860. The highest BCUT2D eigenvalue weighted by Crippen LogP contribution is 2.20. The average molecular weight is 182 g/mol. The molecule has 2 nitrogen and oxygen atoms in total. The van der Waals surface area contributed by atoms with E-state index in [-0.39, 0.29) is 5.41 Å². The standard InChI is InChI=1S/C11H20NO/c1-11(2,3)9-12-13-10-7-5-4-6-8-10/h10H,4-8H2,1-3H3. The van der Waals surface area contributed by atoms with Crippen LogP contribution in [0.1, 0.15) is 52.9 Å². The zero-order valence-electron chi connectivity index (χ0n) is 8.97. The first-order valence-corrected chi connectivity index (χ1v) is 5.21. The number of nitrogens with zero attached hydrogens (tertiary/aromatic N) is 1. The molecule has 0 heterocycles. The number of rotatable bonds is 2. The summed E-state index contributed by atoms with van der Waals surface area (Å²) in [5.74, 6) is 0. The Bertz CT molecular complexity index is 163. The van der Waals surface area contributed by atoms with Gasteiger partial charge >= 0.3 is 0 Å². The largest absolute Gasteiger partial charge is 0.392 e. The zero-order chi connectivity index (χ0) is 9.73. The van der Waals surface area contributed by atoms with Crippen LogP contribution in [0.15, 0.2) is 5.16 Å². The van der Waals surface area contributed by atoms with Crippen molar-refractivity contribution in [2.24, 2.45) is 10.6 Å². The third kappa shape index (κ3) is 4.91. The first-order chi connectivity index (χ1) is 6.08. The van der Waals surface area contributed by atoms with E-state index in [4.69, 9.17) is 4.84 Å². The van der Waals surface area contributed by atoms with Gasteiger partial charge in [0.05, 0.1) is 0 Å². The third-order valence-electron chi connectivity index (χ3n) is 2.14. The van der Waals surface area contributed by atoms with Crippen LogP contribution in [0.4, 0.5) is 0 Å². The van der Waals surface area contributed by atoms with Crippen LogP contribution in [0, 0.1) is 5.41 Å². The van der Waals surface area contributed by atoms with Gasteiger partial charge in [0.25, 0.3) is 0 Å². The molecule has 0 bridgehead atoms. The predicted molar refractivity (Wildman–Crippen MR) is 54.8 cm³/mol. The summed E-state index contributed by atoms with van der Waals surface area (Å²) in [6.45, 7) is 6.21. The topological polar surface area (TPSA) is 21.6 Å². The first-order valence-electron chi connectivity index (χ1n) is 5.21. The van der Waals surface area contributed by atoms with Gasteiger partial charge in [0.1, 0.15) is 12.3 Å². The van der Waals surface area contributed by atoms with E-state index >= 15 is 0 Å². The van der Waals surface area contributed by atoms with Crippen molar-refractivity contribution in [3.05, 3.63) is 0 Å². The molecule has 0 N–H and O–H groups in total. The molecule has 0 atom stereocenters. The van der Waals surface area contributed by atoms with E-state index in [0.29, 0.717) is 6.10 Å². The van der Waals surface area contributed by atoms with Crippen molar-refractivity contribution in [3.8, 4) is 0 Å². The fourth-order valence-corrected chi connectivity index (χ4v) is 1.41. The van der Waals surface area contributed by atoms with Crippen LogP contribution in [0.2, 0.25) is 0 Å². The van der Waals surface area contributed by atoms with Crippen LogP contribution in [-0.4, -0.2) is 12.3 Å². The first kappa shape index (κ1) is 10.6. The van der Waals surface area contributed by atoms with Gasteiger partial charge in [-0.25, -0.2) is 0 Å². The van der Waals surface area contributed by atoms with Crippen LogP contribution in [0.25, 0.3) is 0 Å². The van der Waals surface area contributed by atoms with Crippen LogP contribution in [0.3, 0.4) is 0 Å². The van der Waals surface area contributed by atoms with E-state index < -0.39 is 0 Å². The van der Waals surface area contributed by atoms with Gasteiger partial charge in [-0.1, -0.05) is 32.3 Å². The normalized spacial score (nSPS) is 20.8. The molecule has 0 saturated heterocycles. The van der Waals surface area contributed by atoms with E-state index in [1.54, 1.807) is 0 Å². The van der Waals surface area contributed by atoms with E-state index in [1.165, 1.54) is 19.3 Å². The molecule has 1 aliphatic carbocycles. The molecule has 0 aromatic rings. The molecular formula is C11H20NO. The van der Waals surface area contributed by atoms with Crippen LogP contribution in [-0.2, 0) is 4.84 Å². The monoisotopic (exact) mass is 182 g/mol. The molecule has 1 aliphatic rings. The molecule has 1 rings (SSSR count). The highest BCUT2D eigenvalue weighted by Gasteiger charge is 2.14. The summed E-state index contributed by atoms with van der Waals surface area (Å²) in [4.78, 5) is 5.37. The molecule has 0 aromatic carbocycles. The average Bonchev–Trinajstić information content (AvgIpc) is 2.04. The molecule has 1 saturated carbocycles. The molecule has 0 amide bonds.